The average molecular weight is 345 g/mol. The van der Waals surface area contributed by atoms with Crippen LogP contribution in [0.25, 0.3) is 0 Å². The van der Waals surface area contributed by atoms with E-state index in [1.54, 1.807) is 7.11 Å². The normalized spacial score (nSPS) is 13.6. The number of aliphatic hydroxyl groups excluding tert-OH is 1. The first-order chi connectivity index (χ1) is 12.2. The van der Waals surface area contributed by atoms with E-state index in [-0.39, 0.29) is 26.0 Å². The Balaban J connectivity index is 1.67. The molecule has 6 heteroatoms. The summed E-state index contributed by atoms with van der Waals surface area (Å²) in [6.45, 7) is 3.23. The van der Waals surface area contributed by atoms with Crippen LogP contribution in [0.5, 0.6) is 23.0 Å². The third-order valence-corrected chi connectivity index (χ3v) is 4.11. The number of nitrogens with one attached hydrogen (secondary N) is 1. The standard InChI is InChI=1S/C19H23NO5/c1-13(14-6-7-16(23-9-8-21)18(10-14)22-2)20-11-15-4-3-5-17-19(15)25-12-24-17/h3-7,10,13,20-21H,8-9,11-12H2,1-2H3/t13-/m1/s1. The largest absolute Gasteiger partial charge is 0.493 e. The molecular formula is C19H23NO5. The number of methoxy groups -OCH3 is 1. The van der Waals surface area contributed by atoms with E-state index in [1.807, 2.05) is 36.4 Å². The zero-order chi connectivity index (χ0) is 17.6. The summed E-state index contributed by atoms with van der Waals surface area (Å²) >= 11 is 0. The first-order valence-electron chi connectivity index (χ1n) is 8.25. The van der Waals surface area contributed by atoms with Crippen molar-refractivity contribution in [3.05, 3.63) is 47.5 Å². The summed E-state index contributed by atoms with van der Waals surface area (Å²) in [5.41, 5.74) is 2.15. The molecule has 2 aromatic rings. The SMILES string of the molecule is COc1cc([C@@H](C)NCc2cccc3c2OCO3)ccc1OCCO. The summed E-state index contributed by atoms with van der Waals surface area (Å²) in [4.78, 5) is 0. The maximum absolute atomic E-state index is 8.88. The minimum Gasteiger partial charge on any atom is -0.493 e. The third kappa shape index (κ3) is 3.97. The summed E-state index contributed by atoms with van der Waals surface area (Å²) < 4.78 is 21.8. The van der Waals surface area contributed by atoms with Gasteiger partial charge in [-0.3, -0.25) is 0 Å². The van der Waals surface area contributed by atoms with Crippen molar-refractivity contribution < 1.29 is 24.1 Å². The summed E-state index contributed by atoms with van der Waals surface area (Å²) in [5.74, 6) is 2.88. The van der Waals surface area contributed by atoms with Crippen molar-refractivity contribution in [1.82, 2.24) is 5.32 Å². The van der Waals surface area contributed by atoms with Crippen molar-refractivity contribution in [1.29, 1.82) is 0 Å². The lowest BCUT2D eigenvalue weighted by atomic mass is 10.1. The van der Waals surface area contributed by atoms with Gasteiger partial charge in [-0.25, -0.2) is 0 Å². The number of hydrogen-bond donors (Lipinski definition) is 2. The highest BCUT2D eigenvalue weighted by Gasteiger charge is 2.18. The highest BCUT2D eigenvalue weighted by Crippen LogP contribution is 2.35. The Morgan fingerprint density at radius 1 is 1.20 bits per heavy atom. The van der Waals surface area contributed by atoms with Gasteiger partial charge >= 0.3 is 0 Å². The van der Waals surface area contributed by atoms with Gasteiger partial charge in [0.25, 0.3) is 0 Å². The predicted octanol–water partition coefficient (Wildman–Crippen LogP) is 2.65. The van der Waals surface area contributed by atoms with Crippen LogP contribution in [-0.2, 0) is 6.54 Å². The summed E-state index contributed by atoms with van der Waals surface area (Å²) in [7, 11) is 1.60. The van der Waals surface area contributed by atoms with E-state index < -0.39 is 0 Å². The first-order valence-corrected chi connectivity index (χ1v) is 8.25. The number of rotatable bonds is 8. The number of aliphatic hydroxyl groups is 1. The monoisotopic (exact) mass is 345 g/mol. The molecule has 2 aromatic carbocycles. The number of fused-ring (bicyclic) bond motifs is 1. The Hall–Kier alpha value is -2.44. The zero-order valence-electron chi connectivity index (χ0n) is 14.5. The highest BCUT2D eigenvalue weighted by molar-refractivity contribution is 5.48. The van der Waals surface area contributed by atoms with Crippen LogP contribution in [0.3, 0.4) is 0 Å². The van der Waals surface area contributed by atoms with Crippen LogP contribution >= 0.6 is 0 Å². The van der Waals surface area contributed by atoms with Crippen LogP contribution in [0.15, 0.2) is 36.4 Å². The van der Waals surface area contributed by atoms with Crippen molar-refractivity contribution in [2.75, 3.05) is 27.1 Å². The molecule has 6 nitrogen and oxygen atoms in total. The van der Waals surface area contributed by atoms with Gasteiger partial charge in [0.1, 0.15) is 6.61 Å². The average Bonchev–Trinajstić information content (AvgIpc) is 3.13. The van der Waals surface area contributed by atoms with Gasteiger partial charge in [-0.2, -0.15) is 0 Å². The molecule has 0 fully saturated rings. The van der Waals surface area contributed by atoms with Gasteiger partial charge in [-0.05, 0) is 30.7 Å². The van der Waals surface area contributed by atoms with Gasteiger partial charge in [0.15, 0.2) is 23.0 Å². The van der Waals surface area contributed by atoms with Crippen molar-refractivity contribution >= 4 is 0 Å². The molecule has 0 saturated carbocycles. The molecule has 0 bridgehead atoms. The number of hydrogen-bond acceptors (Lipinski definition) is 6. The first kappa shape index (κ1) is 17.4. The Bertz CT molecular complexity index is 719. The molecule has 1 aliphatic rings. The minimum absolute atomic E-state index is 0.0317. The van der Waals surface area contributed by atoms with Gasteiger partial charge in [0.05, 0.1) is 13.7 Å². The van der Waals surface area contributed by atoms with Gasteiger partial charge in [0, 0.05) is 18.2 Å². The number of benzene rings is 2. The fraction of sp³-hybridized carbons (Fsp3) is 0.368. The Morgan fingerprint density at radius 3 is 2.88 bits per heavy atom. The second-order valence-corrected chi connectivity index (χ2v) is 5.74. The van der Waals surface area contributed by atoms with Crippen LogP contribution in [0.2, 0.25) is 0 Å². The molecule has 25 heavy (non-hydrogen) atoms. The summed E-state index contributed by atoms with van der Waals surface area (Å²) in [6, 6.07) is 11.8. The molecular weight excluding hydrogens is 322 g/mol. The molecule has 134 valence electrons. The molecule has 0 amide bonds. The second kappa shape index (κ2) is 8.09. The van der Waals surface area contributed by atoms with Crippen molar-refractivity contribution in [2.45, 2.75) is 19.5 Å². The molecule has 0 unspecified atom stereocenters. The lowest BCUT2D eigenvalue weighted by molar-refractivity contribution is 0.173. The topological polar surface area (TPSA) is 69.2 Å². The maximum atomic E-state index is 8.88. The fourth-order valence-corrected chi connectivity index (χ4v) is 2.74. The molecule has 0 saturated heterocycles. The quantitative estimate of drug-likeness (QED) is 0.767. The molecule has 0 spiro atoms. The Morgan fingerprint density at radius 2 is 2.08 bits per heavy atom. The van der Waals surface area contributed by atoms with Crippen molar-refractivity contribution in [2.24, 2.45) is 0 Å². The molecule has 0 radical (unpaired) electrons. The van der Waals surface area contributed by atoms with E-state index >= 15 is 0 Å². The van der Waals surface area contributed by atoms with Crippen molar-refractivity contribution in [3.8, 4) is 23.0 Å². The Kier molecular flexibility index (Phi) is 5.63. The van der Waals surface area contributed by atoms with E-state index in [4.69, 9.17) is 24.1 Å². The van der Waals surface area contributed by atoms with Crippen LogP contribution in [0.4, 0.5) is 0 Å². The molecule has 0 aliphatic carbocycles. The van der Waals surface area contributed by atoms with E-state index in [9.17, 15) is 0 Å². The maximum Gasteiger partial charge on any atom is 0.231 e. The molecule has 1 atom stereocenters. The summed E-state index contributed by atoms with van der Waals surface area (Å²) in [5, 5.41) is 12.4. The lowest BCUT2D eigenvalue weighted by Crippen LogP contribution is -2.18. The minimum atomic E-state index is -0.0317. The second-order valence-electron chi connectivity index (χ2n) is 5.74. The van der Waals surface area contributed by atoms with E-state index in [2.05, 4.69) is 12.2 Å². The molecule has 3 rings (SSSR count). The smallest absolute Gasteiger partial charge is 0.231 e. The molecule has 2 N–H and O–H groups in total. The number of para-hydroxylation sites is 1. The van der Waals surface area contributed by atoms with Crippen molar-refractivity contribution in [3.63, 3.8) is 0 Å². The van der Waals surface area contributed by atoms with Crippen LogP contribution in [0, 0.1) is 0 Å². The summed E-state index contributed by atoms with van der Waals surface area (Å²) in [6.07, 6.45) is 0. The Labute approximate surface area is 147 Å². The van der Waals surface area contributed by atoms with Crippen LogP contribution in [0.1, 0.15) is 24.1 Å². The van der Waals surface area contributed by atoms with E-state index in [0.717, 1.165) is 22.6 Å². The fourth-order valence-electron chi connectivity index (χ4n) is 2.74. The number of ether oxygens (including phenoxy) is 4. The van der Waals surface area contributed by atoms with E-state index in [0.29, 0.717) is 18.0 Å². The molecule has 1 heterocycles. The predicted molar refractivity (Wildman–Crippen MR) is 93.4 cm³/mol. The van der Waals surface area contributed by atoms with Gasteiger partial charge < -0.3 is 29.4 Å². The third-order valence-electron chi connectivity index (χ3n) is 4.11. The van der Waals surface area contributed by atoms with Crippen LogP contribution in [-0.4, -0.2) is 32.2 Å². The van der Waals surface area contributed by atoms with E-state index in [1.165, 1.54) is 0 Å². The molecule has 1 aliphatic heterocycles. The van der Waals surface area contributed by atoms with Crippen LogP contribution < -0.4 is 24.3 Å². The van der Waals surface area contributed by atoms with Gasteiger partial charge in [0.2, 0.25) is 6.79 Å². The zero-order valence-corrected chi connectivity index (χ0v) is 14.5. The lowest BCUT2D eigenvalue weighted by Gasteiger charge is -2.17. The van der Waals surface area contributed by atoms with Gasteiger partial charge in [-0.1, -0.05) is 18.2 Å². The van der Waals surface area contributed by atoms with Gasteiger partial charge in [-0.15, -0.1) is 0 Å². The molecule has 0 aromatic heterocycles. The highest BCUT2D eigenvalue weighted by atomic mass is 16.7.